The highest BCUT2D eigenvalue weighted by atomic mass is 19.1. The number of rotatable bonds is 2. The number of carbonyl (C=O) groups is 2. The Morgan fingerprint density at radius 2 is 1.45 bits per heavy atom. The highest BCUT2D eigenvalue weighted by Crippen LogP contribution is 2.29. The van der Waals surface area contributed by atoms with Crippen LogP contribution in [0.2, 0.25) is 0 Å². The number of benzene rings is 1. The lowest BCUT2D eigenvalue weighted by atomic mass is 10.0. The first kappa shape index (κ1) is 24.9. The molecule has 8 heteroatoms. The van der Waals surface area contributed by atoms with E-state index < -0.39 is 11.6 Å². The van der Waals surface area contributed by atoms with E-state index in [1.807, 2.05) is 18.7 Å². The van der Waals surface area contributed by atoms with Gasteiger partial charge < -0.3 is 15.0 Å². The van der Waals surface area contributed by atoms with Crippen LogP contribution in [0.4, 0.5) is 8.78 Å². The third-order valence-corrected chi connectivity index (χ3v) is 5.41. The third-order valence-electron chi connectivity index (χ3n) is 5.41. The molecule has 0 bridgehead atoms. The summed E-state index contributed by atoms with van der Waals surface area (Å²) in [6.07, 6.45) is 0.941. The SMILES string of the molecule is CC.CC(=O)NC1COCC(N2CC3=C(CN(C(C)=O)C3)C2)C1.Fc1ccc(F)cc1. The van der Waals surface area contributed by atoms with Crippen LogP contribution >= 0.6 is 0 Å². The fraction of sp³-hybridized carbons (Fsp3) is 0.565. The summed E-state index contributed by atoms with van der Waals surface area (Å²) in [4.78, 5) is 26.9. The lowest BCUT2D eigenvalue weighted by Crippen LogP contribution is -2.50. The predicted octanol–water partition coefficient (Wildman–Crippen LogP) is 2.75. The molecular formula is C23H33F2N3O3. The molecule has 2 amide bonds. The molecule has 0 saturated carbocycles. The van der Waals surface area contributed by atoms with Crippen molar-refractivity contribution in [3.63, 3.8) is 0 Å². The van der Waals surface area contributed by atoms with Crippen LogP contribution in [0.1, 0.15) is 34.1 Å². The Bertz CT molecular complexity index is 744. The predicted molar refractivity (Wildman–Crippen MR) is 115 cm³/mol. The lowest BCUT2D eigenvalue weighted by molar-refractivity contribution is -0.127. The molecule has 1 aromatic rings. The summed E-state index contributed by atoms with van der Waals surface area (Å²) in [5.41, 5.74) is 2.79. The van der Waals surface area contributed by atoms with Crippen LogP contribution in [0, 0.1) is 11.6 Å². The molecule has 0 radical (unpaired) electrons. The first-order valence-corrected chi connectivity index (χ1v) is 10.8. The van der Waals surface area contributed by atoms with Gasteiger partial charge >= 0.3 is 0 Å². The van der Waals surface area contributed by atoms with Crippen molar-refractivity contribution in [2.24, 2.45) is 0 Å². The molecule has 31 heavy (non-hydrogen) atoms. The van der Waals surface area contributed by atoms with E-state index in [1.54, 1.807) is 13.8 Å². The molecule has 172 valence electrons. The Hall–Kier alpha value is -2.32. The fourth-order valence-electron chi connectivity index (χ4n) is 3.97. The molecule has 3 aliphatic heterocycles. The van der Waals surface area contributed by atoms with Gasteiger partial charge in [-0.05, 0) is 41.8 Å². The summed E-state index contributed by atoms with van der Waals surface area (Å²) in [5.74, 6) is -0.663. The van der Waals surface area contributed by atoms with Crippen molar-refractivity contribution >= 4 is 11.8 Å². The first-order valence-electron chi connectivity index (χ1n) is 10.8. The molecule has 6 nitrogen and oxygen atoms in total. The molecule has 3 heterocycles. The maximum Gasteiger partial charge on any atom is 0.220 e. The molecule has 1 fully saturated rings. The summed E-state index contributed by atoms with van der Waals surface area (Å²) >= 11 is 0. The van der Waals surface area contributed by atoms with Crippen molar-refractivity contribution < 1.29 is 23.1 Å². The van der Waals surface area contributed by atoms with Crippen LogP contribution in [0.5, 0.6) is 0 Å². The standard InChI is InChI=1S/C15H23N3O3.C6H4F2.C2H6/c1-10(19)16-14-3-15(9-21-8-14)18-6-12-4-17(11(2)20)5-13(12)7-18;7-5-1-2-6(8)4-3-5;1-2/h14-15H,3-9H2,1-2H3,(H,16,19);1-4H;1-2H3. The van der Waals surface area contributed by atoms with Crippen molar-refractivity contribution in [3.05, 3.63) is 47.0 Å². The number of nitrogens with zero attached hydrogens (tertiary/aromatic N) is 2. The summed E-state index contributed by atoms with van der Waals surface area (Å²) in [5, 5.41) is 2.95. The van der Waals surface area contributed by atoms with E-state index in [4.69, 9.17) is 4.74 Å². The van der Waals surface area contributed by atoms with Crippen molar-refractivity contribution in [3.8, 4) is 0 Å². The molecular weight excluding hydrogens is 404 g/mol. The number of ether oxygens (including phenoxy) is 1. The van der Waals surface area contributed by atoms with Crippen LogP contribution in [-0.4, -0.2) is 73.1 Å². The van der Waals surface area contributed by atoms with Gasteiger partial charge in [-0.15, -0.1) is 0 Å². The second kappa shape index (κ2) is 11.9. The van der Waals surface area contributed by atoms with Gasteiger partial charge in [0.05, 0.1) is 19.3 Å². The van der Waals surface area contributed by atoms with E-state index in [0.717, 1.165) is 63.5 Å². The quantitative estimate of drug-likeness (QED) is 0.723. The van der Waals surface area contributed by atoms with Crippen molar-refractivity contribution in [2.75, 3.05) is 39.4 Å². The minimum atomic E-state index is -0.411. The number of hydrogen-bond donors (Lipinski definition) is 1. The van der Waals surface area contributed by atoms with Crippen molar-refractivity contribution in [2.45, 2.75) is 46.2 Å². The number of amides is 2. The monoisotopic (exact) mass is 437 g/mol. The Morgan fingerprint density at radius 3 is 1.90 bits per heavy atom. The topological polar surface area (TPSA) is 61.9 Å². The van der Waals surface area contributed by atoms with E-state index in [2.05, 4.69) is 10.2 Å². The van der Waals surface area contributed by atoms with E-state index in [0.29, 0.717) is 12.6 Å². The molecule has 4 rings (SSSR count). The molecule has 1 N–H and O–H groups in total. The van der Waals surface area contributed by atoms with Crippen LogP contribution < -0.4 is 5.32 Å². The van der Waals surface area contributed by atoms with Crippen molar-refractivity contribution in [1.29, 1.82) is 0 Å². The smallest absolute Gasteiger partial charge is 0.220 e. The number of halogens is 2. The normalized spacial score (nSPS) is 22.7. The summed E-state index contributed by atoms with van der Waals surface area (Å²) in [6.45, 7) is 11.9. The summed E-state index contributed by atoms with van der Waals surface area (Å²) in [7, 11) is 0. The average Bonchev–Trinajstić information content (AvgIpc) is 3.32. The minimum absolute atomic E-state index is 0.00314. The molecule has 2 unspecified atom stereocenters. The van der Waals surface area contributed by atoms with Gasteiger partial charge in [0.15, 0.2) is 0 Å². The van der Waals surface area contributed by atoms with Crippen LogP contribution in [0.3, 0.4) is 0 Å². The minimum Gasteiger partial charge on any atom is -0.378 e. The Labute approximate surface area is 183 Å². The van der Waals surface area contributed by atoms with Crippen LogP contribution in [0.25, 0.3) is 0 Å². The number of nitrogens with one attached hydrogen (secondary N) is 1. The number of carbonyl (C=O) groups excluding carboxylic acids is 2. The second-order valence-electron chi connectivity index (χ2n) is 7.75. The van der Waals surface area contributed by atoms with Crippen LogP contribution in [-0.2, 0) is 14.3 Å². The maximum atomic E-state index is 11.9. The van der Waals surface area contributed by atoms with Gasteiger partial charge in [-0.3, -0.25) is 14.5 Å². The van der Waals surface area contributed by atoms with Crippen LogP contribution in [0.15, 0.2) is 35.4 Å². The zero-order chi connectivity index (χ0) is 23.0. The molecule has 0 aliphatic carbocycles. The Kier molecular flexibility index (Phi) is 9.58. The highest BCUT2D eigenvalue weighted by molar-refractivity contribution is 5.75. The second-order valence-corrected chi connectivity index (χ2v) is 7.75. The number of hydrogen-bond acceptors (Lipinski definition) is 4. The van der Waals surface area contributed by atoms with Gasteiger partial charge in [0.25, 0.3) is 0 Å². The molecule has 0 aromatic heterocycles. The van der Waals surface area contributed by atoms with Crippen molar-refractivity contribution in [1.82, 2.24) is 15.1 Å². The van der Waals surface area contributed by atoms with Gasteiger partial charge in [-0.1, -0.05) is 13.8 Å². The van der Waals surface area contributed by atoms with E-state index in [-0.39, 0.29) is 17.9 Å². The zero-order valence-corrected chi connectivity index (χ0v) is 18.8. The fourth-order valence-corrected chi connectivity index (χ4v) is 3.97. The molecule has 1 aromatic carbocycles. The molecule has 0 spiro atoms. The Balaban J connectivity index is 0.000000286. The van der Waals surface area contributed by atoms with Gasteiger partial charge in [-0.2, -0.15) is 0 Å². The summed E-state index contributed by atoms with van der Waals surface area (Å²) in [6, 6.07) is 4.78. The highest BCUT2D eigenvalue weighted by Gasteiger charge is 2.36. The average molecular weight is 438 g/mol. The van der Waals surface area contributed by atoms with Gasteiger partial charge in [0.2, 0.25) is 11.8 Å². The van der Waals surface area contributed by atoms with E-state index in [1.165, 1.54) is 11.1 Å². The molecule has 3 aliphatic rings. The van der Waals surface area contributed by atoms with E-state index in [9.17, 15) is 18.4 Å². The zero-order valence-electron chi connectivity index (χ0n) is 18.8. The lowest BCUT2D eigenvalue weighted by Gasteiger charge is -2.36. The largest absolute Gasteiger partial charge is 0.378 e. The summed E-state index contributed by atoms with van der Waals surface area (Å²) < 4.78 is 29.5. The van der Waals surface area contributed by atoms with E-state index >= 15 is 0 Å². The Morgan fingerprint density at radius 1 is 0.935 bits per heavy atom. The first-order chi connectivity index (χ1) is 14.8. The molecule has 2 atom stereocenters. The third kappa shape index (κ3) is 7.40. The van der Waals surface area contributed by atoms with Gasteiger partial charge in [0.1, 0.15) is 11.6 Å². The maximum absolute atomic E-state index is 11.9. The van der Waals surface area contributed by atoms with Gasteiger partial charge in [-0.25, -0.2) is 8.78 Å². The van der Waals surface area contributed by atoms with Gasteiger partial charge in [0, 0.05) is 46.1 Å². The molecule has 1 saturated heterocycles.